The number of amides is 1. The van der Waals surface area contributed by atoms with Gasteiger partial charge in [-0.25, -0.2) is 0 Å². The molecule has 1 amide bonds. The molecule has 0 aliphatic carbocycles. The van der Waals surface area contributed by atoms with E-state index in [4.69, 9.17) is 0 Å². The van der Waals surface area contributed by atoms with Crippen LogP contribution in [-0.4, -0.2) is 30.0 Å². The van der Waals surface area contributed by atoms with Crippen LogP contribution in [0.15, 0.2) is 24.3 Å². The van der Waals surface area contributed by atoms with E-state index in [0.717, 1.165) is 31.4 Å². The van der Waals surface area contributed by atoms with Crippen molar-refractivity contribution in [2.45, 2.75) is 31.7 Å². The van der Waals surface area contributed by atoms with Gasteiger partial charge in [0.05, 0.1) is 11.0 Å². The molecule has 0 aromatic heterocycles. The number of benzene rings is 1. The smallest absolute Gasteiger partial charge is 0.269 e. The number of carbonyl (C=O) groups excluding carboxylic acids is 1. The summed E-state index contributed by atoms with van der Waals surface area (Å²) in [5.74, 6) is 0.0478. The van der Waals surface area contributed by atoms with Gasteiger partial charge in [-0.05, 0) is 31.4 Å². The van der Waals surface area contributed by atoms with Gasteiger partial charge >= 0.3 is 0 Å². The van der Waals surface area contributed by atoms with E-state index in [2.05, 4.69) is 10.6 Å². The number of nitrogens with one attached hydrogen (secondary N) is 2. The molecule has 1 fully saturated rings. The molecular weight excluding hydrogens is 294 g/mol. The Balaban J connectivity index is 0.00000220. The topological polar surface area (TPSA) is 84.3 Å². The van der Waals surface area contributed by atoms with Crippen LogP contribution >= 0.6 is 12.4 Å². The number of non-ortho nitro benzene ring substituents is 1. The van der Waals surface area contributed by atoms with Crippen LogP contribution in [0, 0.1) is 10.1 Å². The molecule has 1 saturated heterocycles. The number of nitro benzene ring substituents is 1. The Bertz CT molecular complexity index is 473. The minimum absolute atomic E-state index is 0. The van der Waals surface area contributed by atoms with Crippen molar-refractivity contribution < 1.29 is 9.72 Å². The summed E-state index contributed by atoms with van der Waals surface area (Å²) in [7, 11) is 0. The zero-order valence-electron chi connectivity index (χ0n) is 11.7. The van der Waals surface area contributed by atoms with Gasteiger partial charge in [0.1, 0.15) is 0 Å². The van der Waals surface area contributed by atoms with Crippen LogP contribution in [0.5, 0.6) is 0 Å². The largest absolute Gasteiger partial charge is 0.354 e. The van der Waals surface area contributed by atoms with Crippen LogP contribution in [0.2, 0.25) is 0 Å². The monoisotopic (exact) mass is 313 g/mol. The Morgan fingerprint density at radius 2 is 2.05 bits per heavy atom. The zero-order chi connectivity index (χ0) is 14.4. The van der Waals surface area contributed by atoms with E-state index in [9.17, 15) is 14.9 Å². The summed E-state index contributed by atoms with van der Waals surface area (Å²) in [6.07, 6.45) is 3.79. The highest BCUT2D eigenvalue weighted by Gasteiger charge is 2.19. The first-order chi connectivity index (χ1) is 9.66. The van der Waals surface area contributed by atoms with E-state index in [1.807, 2.05) is 0 Å². The summed E-state index contributed by atoms with van der Waals surface area (Å²) >= 11 is 0. The van der Waals surface area contributed by atoms with Gasteiger partial charge in [-0.15, -0.1) is 12.4 Å². The number of hydrogen-bond donors (Lipinski definition) is 2. The quantitative estimate of drug-likeness (QED) is 0.641. The van der Waals surface area contributed by atoms with Gasteiger partial charge in [0.2, 0.25) is 5.91 Å². The highest BCUT2D eigenvalue weighted by molar-refractivity contribution is 5.85. The summed E-state index contributed by atoms with van der Waals surface area (Å²) in [6, 6.07) is 6.35. The third-order valence-corrected chi connectivity index (χ3v) is 3.49. The van der Waals surface area contributed by atoms with Crippen LogP contribution in [0.3, 0.4) is 0 Å². The molecule has 1 aromatic rings. The van der Waals surface area contributed by atoms with Crippen molar-refractivity contribution >= 4 is 24.0 Å². The summed E-state index contributed by atoms with van der Waals surface area (Å²) < 4.78 is 0. The van der Waals surface area contributed by atoms with E-state index in [1.165, 1.54) is 12.1 Å². The number of halogens is 1. The Labute approximate surface area is 129 Å². The Hall–Kier alpha value is -1.66. The van der Waals surface area contributed by atoms with Gasteiger partial charge in [-0.2, -0.15) is 0 Å². The summed E-state index contributed by atoms with van der Waals surface area (Å²) in [4.78, 5) is 22.0. The normalized spacial score (nSPS) is 17.6. The van der Waals surface area contributed by atoms with Crippen LogP contribution < -0.4 is 10.6 Å². The van der Waals surface area contributed by atoms with Crippen molar-refractivity contribution in [3.8, 4) is 0 Å². The second-order valence-electron chi connectivity index (χ2n) is 4.97. The molecule has 0 spiro atoms. The second kappa shape index (κ2) is 8.59. The molecule has 116 valence electrons. The minimum Gasteiger partial charge on any atom is -0.354 e. The van der Waals surface area contributed by atoms with Gasteiger partial charge in [-0.3, -0.25) is 14.9 Å². The summed E-state index contributed by atoms with van der Waals surface area (Å²) in [5.41, 5.74) is 1.07. The van der Waals surface area contributed by atoms with Gasteiger partial charge < -0.3 is 10.6 Å². The molecule has 1 atom stereocenters. The molecule has 1 heterocycles. The lowest BCUT2D eigenvalue weighted by Gasteiger charge is -2.22. The number of nitro groups is 1. The lowest BCUT2D eigenvalue weighted by molar-refractivity contribution is -0.384. The van der Waals surface area contributed by atoms with Crippen LogP contribution in [0.4, 0.5) is 5.69 Å². The predicted octanol–water partition coefficient (Wildman–Crippen LogP) is 1.82. The fourth-order valence-electron chi connectivity index (χ4n) is 2.31. The molecule has 1 unspecified atom stereocenters. The number of hydrogen-bond acceptors (Lipinski definition) is 4. The van der Waals surface area contributed by atoms with Crippen LogP contribution in [0.25, 0.3) is 0 Å². The third-order valence-electron chi connectivity index (χ3n) is 3.49. The molecule has 1 aliphatic rings. The van der Waals surface area contributed by atoms with E-state index in [0.29, 0.717) is 13.0 Å². The number of rotatable bonds is 5. The maximum atomic E-state index is 11.9. The first-order valence-corrected chi connectivity index (χ1v) is 6.91. The van der Waals surface area contributed by atoms with E-state index >= 15 is 0 Å². The van der Waals surface area contributed by atoms with E-state index in [1.54, 1.807) is 12.1 Å². The van der Waals surface area contributed by atoms with Crippen LogP contribution in [-0.2, 0) is 11.2 Å². The first kappa shape index (κ1) is 17.4. The molecule has 1 aromatic carbocycles. The van der Waals surface area contributed by atoms with E-state index in [-0.39, 0.29) is 30.0 Å². The standard InChI is InChI=1S/C14H19N3O3.ClH/c18-14(13-3-1-2-9-15-13)16-10-8-11-4-6-12(7-5-11)17(19)20;/h4-7,13,15H,1-3,8-10H2,(H,16,18);1H. The van der Waals surface area contributed by atoms with Gasteiger partial charge in [0.25, 0.3) is 5.69 Å². The Morgan fingerprint density at radius 1 is 1.33 bits per heavy atom. The molecule has 21 heavy (non-hydrogen) atoms. The Kier molecular flexibility index (Phi) is 7.11. The zero-order valence-corrected chi connectivity index (χ0v) is 12.5. The molecule has 0 radical (unpaired) electrons. The average Bonchev–Trinajstić information content (AvgIpc) is 2.48. The maximum absolute atomic E-state index is 11.9. The van der Waals surface area contributed by atoms with Crippen LogP contribution in [0.1, 0.15) is 24.8 Å². The van der Waals surface area contributed by atoms with Gasteiger partial charge in [-0.1, -0.05) is 18.6 Å². The van der Waals surface area contributed by atoms with Crippen molar-refractivity contribution in [1.29, 1.82) is 0 Å². The van der Waals surface area contributed by atoms with Crippen molar-refractivity contribution in [3.63, 3.8) is 0 Å². The lowest BCUT2D eigenvalue weighted by atomic mass is 10.0. The number of nitrogens with zero attached hydrogens (tertiary/aromatic N) is 1. The van der Waals surface area contributed by atoms with E-state index < -0.39 is 4.92 Å². The Morgan fingerprint density at radius 3 is 2.62 bits per heavy atom. The fraction of sp³-hybridized carbons (Fsp3) is 0.500. The SMILES string of the molecule is Cl.O=C(NCCc1ccc([N+](=O)[O-])cc1)C1CCCCN1. The van der Waals surface area contributed by atoms with Crippen molar-refractivity contribution in [2.75, 3.05) is 13.1 Å². The lowest BCUT2D eigenvalue weighted by Crippen LogP contribution is -2.47. The third kappa shape index (κ3) is 5.32. The fourth-order valence-corrected chi connectivity index (χ4v) is 2.31. The molecule has 2 N–H and O–H groups in total. The van der Waals surface area contributed by atoms with Crippen molar-refractivity contribution in [1.82, 2.24) is 10.6 Å². The number of carbonyl (C=O) groups is 1. The molecular formula is C14H20ClN3O3. The second-order valence-corrected chi connectivity index (χ2v) is 4.97. The van der Waals surface area contributed by atoms with Crippen molar-refractivity contribution in [2.24, 2.45) is 0 Å². The highest BCUT2D eigenvalue weighted by Crippen LogP contribution is 2.12. The van der Waals surface area contributed by atoms with Gasteiger partial charge in [0.15, 0.2) is 0 Å². The highest BCUT2D eigenvalue weighted by atomic mass is 35.5. The summed E-state index contributed by atoms with van der Waals surface area (Å²) in [6.45, 7) is 1.45. The molecule has 1 aliphatic heterocycles. The molecule has 0 bridgehead atoms. The first-order valence-electron chi connectivity index (χ1n) is 6.91. The molecule has 7 heteroatoms. The minimum atomic E-state index is -0.416. The molecule has 0 saturated carbocycles. The van der Waals surface area contributed by atoms with Crippen molar-refractivity contribution in [3.05, 3.63) is 39.9 Å². The average molecular weight is 314 g/mol. The molecule has 6 nitrogen and oxygen atoms in total. The maximum Gasteiger partial charge on any atom is 0.269 e. The molecule has 2 rings (SSSR count). The number of piperidine rings is 1. The van der Waals surface area contributed by atoms with Gasteiger partial charge in [0, 0.05) is 18.7 Å². The summed E-state index contributed by atoms with van der Waals surface area (Å²) in [5, 5.41) is 16.6. The predicted molar refractivity (Wildman–Crippen MR) is 82.7 cm³/mol.